The fourth-order valence-corrected chi connectivity index (χ4v) is 4.00. The second-order valence-corrected chi connectivity index (χ2v) is 8.16. The molecule has 0 bridgehead atoms. The van der Waals surface area contributed by atoms with Crippen molar-refractivity contribution in [2.75, 3.05) is 13.6 Å². The SMILES string of the molecule is CN(Cc1csc(Br)c1)C(CN)c1ccc(C2CC2)cc1. The molecule has 0 saturated heterocycles. The molecule has 1 aromatic carbocycles. The van der Waals surface area contributed by atoms with Crippen LogP contribution in [0.1, 0.15) is 41.5 Å². The van der Waals surface area contributed by atoms with Gasteiger partial charge in [-0.15, -0.1) is 11.3 Å². The molecule has 4 heteroatoms. The first-order chi connectivity index (χ1) is 10.2. The van der Waals surface area contributed by atoms with Crippen LogP contribution in [-0.2, 0) is 6.54 Å². The standard InChI is InChI=1S/C17H21BrN2S/c1-20(10-12-8-17(18)21-11-12)16(9-19)15-6-4-14(5-7-15)13-2-3-13/h4-8,11,13,16H,2-3,9-10,19H2,1H3. The Morgan fingerprint density at radius 1 is 1.33 bits per heavy atom. The lowest BCUT2D eigenvalue weighted by Crippen LogP contribution is -2.30. The number of halogens is 1. The van der Waals surface area contributed by atoms with Crippen LogP contribution in [0.15, 0.2) is 39.5 Å². The Bertz CT molecular complexity index is 589. The Balaban J connectivity index is 1.70. The van der Waals surface area contributed by atoms with Gasteiger partial charge in [0.1, 0.15) is 0 Å². The van der Waals surface area contributed by atoms with Gasteiger partial charge in [0, 0.05) is 19.1 Å². The third-order valence-electron chi connectivity index (χ3n) is 4.18. The summed E-state index contributed by atoms with van der Waals surface area (Å²) in [6.07, 6.45) is 2.71. The highest BCUT2D eigenvalue weighted by molar-refractivity contribution is 9.11. The van der Waals surface area contributed by atoms with E-state index < -0.39 is 0 Å². The zero-order valence-corrected chi connectivity index (χ0v) is 14.7. The molecule has 1 saturated carbocycles. The zero-order valence-electron chi connectivity index (χ0n) is 12.3. The Labute approximate surface area is 139 Å². The summed E-state index contributed by atoms with van der Waals surface area (Å²) in [7, 11) is 2.15. The number of benzene rings is 1. The lowest BCUT2D eigenvalue weighted by atomic mass is 10.0. The Morgan fingerprint density at radius 3 is 2.57 bits per heavy atom. The minimum Gasteiger partial charge on any atom is -0.329 e. The van der Waals surface area contributed by atoms with Crippen LogP contribution in [0.4, 0.5) is 0 Å². The van der Waals surface area contributed by atoms with Crippen molar-refractivity contribution < 1.29 is 0 Å². The van der Waals surface area contributed by atoms with Crippen molar-refractivity contribution in [3.63, 3.8) is 0 Å². The quantitative estimate of drug-likeness (QED) is 0.816. The number of nitrogens with two attached hydrogens (primary N) is 1. The largest absolute Gasteiger partial charge is 0.329 e. The molecule has 1 unspecified atom stereocenters. The topological polar surface area (TPSA) is 29.3 Å². The molecule has 0 radical (unpaired) electrons. The van der Waals surface area contributed by atoms with Crippen LogP contribution in [0.3, 0.4) is 0 Å². The van der Waals surface area contributed by atoms with Gasteiger partial charge in [-0.3, -0.25) is 4.90 Å². The monoisotopic (exact) mass is 364 g/mol. The van der Waals surface area contributed by atoms with E-state index in [2.05, 4.69) is 63.6 Å². The first-order valence-corrected chi connectivity index (χ1v) is 9.07. The van der Waals surface area contributed by atoms with Crippen molar-refractivity contribution in [3.8, 4) is 0 Å². The van der Waals surface area contributed by atoms with E-state index in [1.165, 1.54) is 33.3 Å². The molecule has 1 aliphatic carbocycles. The summed E-state index contributed by atoms with van der Waals surface area (Å²) in [5.41, 5.74) is 10.2. The average molecular weight is 365 g/mol. The molecule has 1 fully saturated rings. The van der Waals surface area contributed by atoms with Crippen molar-refractivity contribution >= 4 is 27.3 Å². The summed E-state index contributed by atoms with van der Waals surface area (Å²) in [4.78, 5) is 2.33. The van der Waals surface area contributed by atoms with Gasteiger partial charge < -0.3 is 5.73 Å². The summed E-state index contributed by atoms with van der Waals surface area (Å²) in [6.45, 7) is 1.57. The third kappa shape index (κ3) is 3.75. The van der Waals surface area contributed by atoms with E-state index in [1.54, 1.807) is 11.3 Å². The van der Waals surface area contributed by atoms with E-state index in [9.17, 15) is 0 Å². The third-order valence-corrected chi connectivity index (χ3v) is 5.73. The Kier molecular flexibility index (Phi) is 4.79. The minimum atomic E-state index is 0.275. The van der Waals surface area contributed by atoms with Crippen LogP contribution < -0.4 is 5.73 Å². The van der Waals surface area contributed by atoms with Gasteiger partial charge in [-0.05, 0) is 69.9 Å². The molecule has 1 atom stereocenters. The molecule has 1 heterocycles. The summed E-state index contributed by atoms with van der Waals surface area (Å²) >= 11 is 5.26. The molecule has 2 nitrogen and oxygen atoms in total. The van der Waals surface area contributed by atoms with Crippen molar-refractivity contribution in [1.82, 2.24) is 4.90 Å². The van der Waals surface area contributed by atoms with Crippen LogP contribution in [0, 0.1) is 0 Å². The van der Waals surface area contributed by atoms with Gasteiger partial charge in [0.05, 0.1) is 3.79 Å². The predicted octanol–water partition coefficient (Wildman–Crippen LogP) is 4.52. The number of nitrogens with zero attached hydrogens (tertiary/aromatic N) is 1. The van der Waals surface area contributed by atoms with Crippen molar-refractivity contribution in [2.24, 2.45) is 5.73 Å². The normalized spacial score (nSPS) is 16.4. The minimum absolute atomic E-state index is 0.275. The summed E-state index contributed by atoms with van der Waals surface area (Å²) in [5, 5.41) is 2.20. The maximum Gasteiger partial charge on any atom is 0.0701 e. The van der Waals surface area contributed by atoms with Gasteiger partial charge in [-0.25, -0.2) is 0 Å². The second kappa shape index (κ2) is 6.61. The maximum absolute atomic E-state index is 6.03. The van der Waals surface area contributed by atoms with E-state index in [4.69, 9.17) is 5.73 Å². The predicted molar refractivity (Wildman–Crippen MR) is 93.7 cm³/mol. The molecule has 21 heavy (non-hydrogen) atoms. The van der Waals surface area contributed by atoms with Crippen LogP contribution in [0.2, 0.25) is 0 Å². The van der Waals surface area contributed by atoms with Crippen LogP contribution >= 0.6 is 27.3 Å². The van der Waals surface area contributed by atoms with E-state index in [-0.39, 0.29) is 6.04 Å². The van der Waals surface area contributed by atoms with Crippen LogP contribution in [0.25, 0.3) is 0 Å². The molecule has 0 aliphatic heterocycles. The number of thiophene rings is 1. The number of rotatable bonds is 6. The lowest BCUT2D eigenvalue weighted by molar-refractivity contribution is 0.242. The van der Waals surface area contributed by atoms with Gasteiger partial charge in [0.15, 0.2) is 0 Å². The summed E-state index contributed by atoms with van der Waals surface area (Å²) in [6, 6.07) is 11.5. The highest BCUT2D eigenvalue weighted by atomic mass is 79.9. The van der Waals surface area contributed by atoms with Gasteiger partial charge in [-0.1, -0.05) is 24.3 Å². The molecule has 2 N–H and O–H groups in total. The first-order valence-electron chi connectivity index (χ1n) is 7.40. The number of likely N-dealkylation sites (N-methyl/N-ethyl adjacent to an activating group) is 1. The molecule has 1 aromatic heterocycles. The number of hydrogen-bond donors (Lipinski definition) is 1. The molecular formula is C17H21BrN2S. The van der Waals surface area contributed by atoms with Crippen LogP contribution in [-0.4, -0.2) is 18.5 Å². The molecular weight excluding hydrogens is 344 g/mol. The average Bonchev–Trinajstić information content (AvgIpc) is 3.24. The van der Waals surface area contributed by atoms with Gasteiger partial charge in [-0.2, -0.15) is 0 Å². The highest BCUT2D eigenvalue weighted by Crippen LogP contribution is 2.40. The zero-order chi connectivity index (χ0) is 14.8. The molecule has 3 rings (SSSR count). The summed E-state index contributed by atoms with van der Waals surface area (Å²) < 4.78 is 1.18. The smallest absolute Gasteiger partial charge is 0.0701 e. The van der Waals surface area contributed by atoms with Crippen LogP contribution in [0.5, 0.6) is 0 Å². The molecule has 1 aliphatic rings. The van der Waals surface area contributed by atoms with E-state index in [1.807, 2.05) is 0 Å². The molecule has 0 spiro atoms. The second-order valence-electron chi connectivity index (χ2n) is 5.87. The first kappa shape index (κ1) is 15.2. The van der Waals surface area contributed by atoms with E-state index in [0.29, 0.717) is 6.54 Å². The van der Waals surface area contributed by atoms with Gasteiger partial charge >= 0.3 is 0 Å². The molecule has 112 valence electrons. The number of hydrogen-bond acceptors (Lipinski definition) is 3. The van der Waals surface area contributed by atoms with Crippen molar-refractivity contribution in [1.29, 1.82) is 0 Å². The fourth-order valence-electron chi connectivity index (χ4n) is 2.80. The van der Waals surface area contributed by atoms with Crippen molar-refractivity contribution in [3.05, 3.63) is 56.2 Å². The van der Waals surface area contributed by atoms with E-state index >= 15 is 0 Å². The summed E-state index contributed by atoms with van der Waals surface area (Å²) in [5.74, 6) is 0.816. The van der Waals surface area contributed by atoms with Gasteiger partial charge in [0.2, 0.25) is 0 Å². The maximum atomic E-state index is 6.03. The molecule has 0 amide bonds. The highest BCUT2D eigenvalue weighted by Gasteiger charge is 2.24. The van der Waals surface area contributed by atoms with Gasteiger partial charge in [0.25, 0.3) is 0 Å². The lowest BCUT2D eigenvalue weighted by Gasteiger charge is -2.27. The Morgan fingerprint density at radius 2 is 2.05 bits per heavy atom. The molecule has 2 aromatic rings. The Hall–Kier alpha value is -0.680. The fraction of sp³-hybridized carbons (Fsp3) is 0.412. The van der Waals surface area contributed by atoms with E-state index in [0.717, 1.165) is 12.5 Å². The van der Waals surface area contributed by atoms with Crippen molar-refractivity contribution in [2.45, 2.75) is 31.3 Å².